The third kappa shape index (κ3) is 1.40. The van der Waals surface area contributed by atoms with Gasteiger partial charge >= 0.3 is 0 Å². The maximum absolute atomic E-state index is 6.07. The number of benzene rings is 2. The van der Waals surface area contributed by atoms with Gasteiger partial charge in [0.25, 0.3) is 0 Å². The van der Waals surface area contributed by atoms with E-state index in [1.54, 1.807) is 0 Å². The van der Waals surface area contributed by atoms with E-state index in [0.29, 0.717) is 0 Å². The van der Waals surface area contributed by atoms with Gasteiger partial charge in [0, 0.05) is 17.5 Å². The van der Waals surface area contributed by atoms with E-state index in [9.17, 15) is 0 Å². The average molecular weight is 236 g/mol. The molecule has 0 aromatic heterocycles. The van der Waals surface area contributed by atoms with Crippen molar-refractivity contribution in [2.75, 3.05) is 0 Å². The van der Waals surface area contributed by atoms with Crippen molar-refractivity contribution in [3.8, 4) is 0 Å². The quantitative estimate of drug-likeness (QED) is 0.518. The van der Waals surface area contributed by atoms with Crippen molar-refractivity contribution >= 4 is 34.0 Å². The highest BCUT2D eigenvalue weighted by molar-refractivity contribution is 6.38. The van der Waals surface area contributed by atoms with Crippen molar-refractivity contribution in [3.05, 3.63) is 53.9 Å². The largest absolute Gasteiger partial charge is 0.144 e. The second kappa shape index (κ2) is 3.33. The van der Waals surface area contributed by atoms with E-state index in [-0.39, 0.29) is 10.8 Å². The van der Waals surface area contributed by atoms with Crippen LogP contribution in [0, 0.1) is 5.92 Å². The first kappa shape index (κ1) is 9.38. The van der Waals surface area contributed by atoms with E-state index >= 15 is 0 Å². The van der Waals surface area contributed by atoms with Crippen LogP contribution in [0.1, 0.15) is 5.56 Å². The first-order valence-corrected chi connectivity index (χ1v) is 5.79. The Hall–Kier alpha value is -0.850. The highest BCUT2D eigenvalue weighted by Crippen LogP contribution is 2.50. The summed E-state index contributed by atoms with van der Waals surface area (Å²) >= 11 is 12.1. The van der Waals surface area contributed by atoms with Crippen molar-refractivity contribution in [2.24, 2.45) is 0 Å². The Morgan fingerprint density at radius 3 is 2.27 bits per heavy atom. The molecule has 0 N–H and O–H groups in total. The molecule has 0 nitrogen and oxygen atoms in total. The van der Waals surface area contributed by atoms with Gasteiger partial charge in [-0.15, -0.1) is 0 Å². The molecule has 2 aromatic carbocycles. The summed E-state index contributed by atoms with van der Waals surface area (Å²) in [6, 6.07) is 14.6. The van der Waals surface area contributed by atoms with Gasteiger partial charge in [-0.05, 0) is 24.3 Å². The molecule has 0 amide bonds. The normalized spacial score (nSPS) is 24.5. The highest BCUT2D eigenvalue weighted by atomic mass is 35.5. The van der Waals surface area contributed by atoms with Gasteiger partial charge in [0.05, 0.1) is 11.3 Å². The van der Waals surface area contributed by atoms with Crippen LogP contribution in [0.4, 0.5) is 0 Å². The van der Waals surface area contributed by atoms with Crippen LogP contribution in [0.5, 0.6) is 0 Å². The number of hydrogen-bond acceptors (Lipinski definition) is 0. The zero-order chi connectivity index (χ0) is 10.4. The summed E-state index contributed by atoms with van der Waals surface area (Å²) in [5.74, 6) is 1.16. The summed E-state index contributed by atoms with van der Waals surface area (Å²) in [6.45, 7) is 0. The lowest BCUT2D eigenvalue weighted by molar-refractivity contribution is 1.46. The lowest BCUT2D eigenvalue weighted by Gasteiger charge is -1.95. The fourth-order valence-corrected chi connectivity index (χ4v) is 2.67. The highest BCUT2D eigenvalue weighted by Gasteiger charge is 2.56. The molecule has 15 heavy (non-hydrogen) atoms. The standard InChI is InChI=1S/C13H9Cl2/c14-12-11(13(12)15)10-7-3-5-8-4-1-2-6-9(8)10/h1-7,12-13H/q+1. The molecule has 1 saturated carbocycles. The average Bonchev–Trinajstić information content (AvgIpc) is 2.86. The molecule has 0 radical (unpaired) electrons. The van der Waals surface area contributed by atoms with Crippen molar-refractivity contribution in [1.29, 1.82) is 0 Å². The number of halogens is 2. The third-order valence-electron chi connectivity index (χ3n) is 2.84. The second-order valence-corrected chi connectivity index (χ2v) is 4.73. The minimum absolute atomic E-state index is 0.0115. The van der Waals surface area contributed by atoms with Gasteiger partial charge in [0.15, 0.2) is 0 Å². The van der Waals surface area contributed by atoms with E-state index < -0.39 is 0 Å². The van der Waals surface area contributed by atoms with Gasteiger partial charge in [-0.2, -0.15) is 0 Å². The van der Waals surface area contributed by atoms with Crippen LogP contribution >= 0.6 is 23.2 Å². The Balaban J connectivity index is 2.19. The van der Waals surface area contributed by atoms with Gasteiger partial charge in [-0.25, -0.2) is 0 Å². The van der Waals surface area contributed by atoms with Crippen LogP contribution in [0.2, 0.25) is 0 Å². The molecule has 1 aliphatic rings. The molecule has 2 unspecified atom stereocenters. The number of rotatable bonds is 1. The molecule has 0 heterocycles. The molecule has 0 bridgehead atoms. The summed E-state index contributed by atoms with van der Waals surface area (Å²) in [6.07, 6.45) is 0. The number of hydrogen-bond donors (Lipinski definition) is 0. The van der Waals surface area contributed by atoms with Crippen LogP contribution in [0.25, 0.3) is 10.8 Å². The summed E-state index contributed by atoms with van der Waals surface area (Å²) in [4.78, 5) is 0. The van der Waals surface area contributed by atoms with Crippen LogP contribution in [-0.2, 0) is 0 Å². The third-order valence-corrected chi connectivity index (χ3v) is 3.95. The van der Waals surface area contributed by atoms with Crippen LogP contribution in [0.15, 0.2) is 42.5 Å². The molecule has 0 spiro atoms. The zero-order valence-corrected chi connectivity index (χ0v) is 9.46. The maximum Gasteiger partial charge on any atom is 0.144 e. The first-order valence-electron chi connectivity index (χ1n) is 4.92. The van der Waals surface area contributed by atoms with Gasteiger partial charge in [-0.1, -0.05) is 29.3 Å². The molecule has 1 fully saturated rings. The Bertz CT molecular complexity index is 493. The van der Waals surface area contributed by atoms with E-state index in [1.165, 1.54) is 16.3 Å². The topological polar surface area (TPSA) is 0 Å². The number of fused-ring (bicyclic) bond motifs is 1. The Morgan fingerprint density at radius 1 is 0.867 bits per heavy atom. The van der Waals surface area contributed by atoms with Crippen LogP contribution < -0.4 is 0 Å². The van der Waals surface area contributed by atoms with Crippen LogP contribution in [0.3, 0.4) is 0 Å². The molecular weight excluding hydrogens is 227 g/mol. The van der Waals surface area contributed by atoms with Gasteiger partial charge in [-0.3, -0.25) is 0 Å². The molecule has 74 valence electrons. The molecule has 0 aliphatic heterocycles. The lowest BCUT2D eigenvalue weighted by atomic mass is 10.0. The molecule has 2 aromatic rings. The van der Waals surface area contributed by atoms with E-state index in [0.717, 1.165) is 5.92 Å². The molecule has 0 saturated heterocycles. The fraction of sp³-hybridized carbons (Fsp3) is 0.154. The Kier molecular flexibility index (Phi) is 2.08. The van der Waals surface area contributed by atoms with Crippen molar-refractivity contribution < 1.29 is 0 Å². The summed E-state index contributed by atoms with van der Waals surface area (Å²) in [7, 11) is 0. The molecule has 2 atom stereocenters. The Morgan fingerprint density at radius 2 is 1.53 bits per heavy atom. The zero-order valence-electron chi connectivity index (χ0n) is 7.95. The smallest absolute Gasteiger partial charge is 0.0992 e. The summed E-state index contributed by atoms with van der Waals surface area (Å²) < 4.78 is 0. The van der Waals surface area contributed by atoms with Gasteiger partial charge < -0.3 is 0 Å². The molecule has 1 aliphatic carbocycles. The lowest BCUT2D eigenvalue weighted by Crippen LogP contribution is -1.86. The molecular formula is C13H9Cl2+. The predicted molar refractivity (Wildman–Crippen MR) is 65.6 cm³/mol. The van der Waals surface area contributed by atoms with E-state index in [4.69, 9.17) is 23.2 Å². The van der Waals surface area contributed by atoms with Crippen molar-refractivity contribution in [3.63, 3.8) is 0 Å². The van der Waals surface area contributed by atoms with Crippen molar-refractivity contribution in [1.82, 2.24) is 0 Å². The van der Waals surface area contributed by atoms with E-state index in [2.05, 4.69) is 30.3 Å². The number of alkyl halides is 2. The second-order valence-electron chi connectivity index (χ2n) is 3.79. The minimum atomic E-state index is 0.0115. The predicted octanol–water partition coefficient (Wildman–Crippen LogP) is 3.99. The monoisotopic (exact) mass is 235 g/mol. The van der Waals surface area contributed by atoms with Gasteiger partial charge in [0.2, 0.25) is 0 Å². The Labute approximate surface area is 98.8 Å². The molecule has 3 rings (SSSR count). The van der Waals surface area contributed by atoms with E-state index in [1.807, 2.05) is 12.1 Å². The summed E-state index contributed by atoms with van der Waals surface area (Å²) in [5, 5.41) is 2.50. The maximum atomic E-state index is 6.07. The molecule has 2 heteroatoms. The SMILES string of the molecule is ClC1[C+](c2cccc3ccccc23)C1Cl. The van der Waals surface area contributed by atoms with Crippen molar-refractivity contribution in [2.45, 2.75) is 10.8 Å². The first-order chi connectivity index (χ1) is 7.29. The fourth-order valence-electron chi connectivity index (χ4n) is 1.98. The minimum Gasteiger partial charge on any atom is -0.0992 e. The summed E-state index contributed by atoms with van der Waals surface area (Å²) in [5.41, 5.74) is 1.20. The van der Waals surface area contributed by atoms with Crippen LogP contribution in [-0.4, -0.2) is 10.8 Å². The van der Waals surface area contributed by atoms with Gasteiger partial charge in [0.1, 0.15) is 16.3 Å².